The maximum Gasteiger partial charge on any atom is 0.461 e. The summed E-state index contributed by atoms with van der Waals surface area (Å²) in [6.45, 7) is 8.24. The molecule has 0 bridgehead atoms. The molecule has 1 heterocycles. The van der Waals surface area contributed by atoms with E-state index in [1.807, 2.05) is 0 Å². The van der Waals surface area contributed by atoms with Gasteiger partial charge in [-0.2, -0.15) is 0 Å². The lowest BCUT2D eigenvalue weighted by Crippen LogP contribution is -2.46. The summed E-state index contributed by atoms with van der Waals surface area (Å²) in [6, 6.07) is 0. The Morgan fingerprint density at radius 3 is 1.90 bits per heavy atom. The molecular formula is C15H27BO5. The van der Waals surface area contributed by atoms with Crippen molar-refractivity contribution >= 4 is 13.1 Å². The second-order valence-corrected chi connectivity index (χ2v) is 7.15. The Morgan fingerprint density at radius 1 is 1.05 bits per heavy atom. The van der Waals surface area contributed by atoms with E-state index >= 15 is 0 Å². The monoisotopic (exact) mass is 298 g/mol. The highest BCUT2D eigenvalue weighted by Gasteiger charge is 2.55. The number of hydrogen-bond donors (Lipinski definition) is 0. The van der Waals surface area contributed by atoms with E-state index in [9.17, 15) is 4.79 Å². The lowest BCUT2D eigenvalue weighted by Gasteiger charge is -2.37. The fourth-order valence-corrected chi connectivity index (χ4v) is 3.14. The Kier molecular flexibility index (Phi) is 4.44. The zero-order valence-electron chi connectivity index (χ0n) is 14.0. The molecule has 1 aliphatic heterocycles. The largest absolute Gasteiger partial charge is 0.467 e. The molecule has 2 rings (SSSR count). The Labute approximate surface area is 127 Å². The summed E-state index contributed by atoms with van der Waals surface area (Å²) in [5, 5.41) is 0. The topological polar surface area (TPSA) is 54.0 Å². The molecule has 1 saturated heterocycles. The van der Waals surface area contributed by atoms with Crippen molar-refractivity contribution in [1.29, 1.82) is 0 Å². The van der Waals surface area contributed by atoms with Crippen molar-refractivity contribution in [1.82, 2.24) is 0 Å². The highest BCUT2D eigenvalue weighted by molar-refractivity contribution is 6.47. The minimum absolute atomic E-state index is 0.206. The molecule has 2 fully saturated rings. The molecule has 0 radical (unpaired) electrons. The van der Waals surface area contributed by atoms with Crippen molar-refractivity contribution in [3.05, 3.63) is 0 Å². The molecule has 0 aromatic carbocycles. The predicted molar refractivity (Wildman–Crippen MR) is 80.1 cm³/mol. The van der Waals surface area contributed by atoms with Crippen LogP contribution in [0.4, 0.5) is 0 Å². The fraction of sp³-hybridized carbons (Fsp3) is 0.933. The molecule has 120 valence electrons. The van der Waals surface area contributed by atoms with E-state index in [1.165, 1.54) is 7.11 Å². The molecule has 0 amide bonds. The van der Waals surface area contributed by atoms with Crippen LogP contribution in [-0.2, 0) is 23.6 Å². The normalized spacial score (nSPS) is 34.8. The third kappa shape index (κ3) is 2.85. The van der Waals surface area contributed by atoms with Gasteiger partial charge in [0.1, 0.15) is 0 Å². The lowest BCUT2D eigenvalue weighted by molar-refractivity contribution is -0.170. The Morgan fingerprint density at radius 2 is 1.52 bits per heavy atom. The van der Waals surface area contributed by atoms with Gasteiger partial charge in [-0.3, -0.25) is 0 Å². The first-order chi connectivity index (χ1) is 9.67. The number of hydrogen-bond acceptors (Lipinski definition) is 5. The maximum absolute atomic E-state index is 11.9. The van der Waals surface area contributed by atoms with Gasteiger partial charge in [0.05, 0.1) is 18.3 Å². The quantitative estimate of drug-likeness (QED) is 0.592. The van der Waals surface area contributed by atoms with Crippen molar-refractivity contribution in [3.63, 3.8) is 0 Å². The summed E-state index contributed by atoms with van der Waals surface area (Å²) in [6.07, 6.45) is 2.95. The van der Waals surface area contributed by atoms with Crippen LogP contribution in [-0.4, -0.2) is 44.1 Å². The van der Waals surface area contributed by atoms with Gasteiger partial charge in [0.25, 0.3) is 0 Å². The average Bonchev–Trinajstić information content (AvgIpc) is 2.66. The van der Waals surface area contributed by atoms with Crippen LogP contribution in [0.2, 0.25) is 5.82 Å². The molecular weight excluding hydrogens is 271 g/mol. The molecule has 0 N–H and O–H groups in total. The summed E-state index contributed by atoms with van der Waals surface area (Å²) in [5.74, 6) is 0.0105. The Hall–Kier alpha value is -0.585. The van der Waals surface area contributed by atoms with E-state index in [-0.39, 0.29) is 24.3 Å². The highest BCUT2D eigenvalue weighted by atomic mass is 16.7. The number of methoxy groups -OCH3 is 2. The molecule has 2 aliphatic rings. The molecule has 6 heteroatoms. The van der Waals surface area contributed by atoms with Gasteiger partial charge in [-0.15, -0.1) is 0 Å². The van der Waals surface area contributed by atoms with Crippen LogP contribution in [0.3, 0.4) is 0 Å². The molecule has 0 unspecified atom stereocenters. The lowest BCUT2D eigenvalue weighted by atomic mass is 9.61. The van der Waals surface area contributed by atoms with E-state index in [2.05, 4.69) is 27.7 Å². The van der Waals surface area contributed by atoms with Crippen molar-refractivity contribution < 1.29 is 23.6 Å². The predicted octanol–water partition coefficient (Wildman–Crippen LogP) is 2.58. The van der Waals surface area contributed by atoms with Crippen LogP contribution in [0.25, 0.3) is 0 Å². The molecule has 0 spiro atoms. The summed E-state index contributed by atoms with van der Waals surface area (Å²) >= 11 is 0. The van der Waals surface area contributed by atoms with Crippen LogP contribution < -0.4 is 0 Å². The van der Waals surface area contributed by atoms with Crippen LogP contribution in [0.5, 0.6) is 0 Å². The van der Waals surface area contributed by atoms with Crippen LogP contribution in [0.15, 0.2) is 0 Å². The van der Waals surface area contributed by atoms with Crippen LogP contribution >= 0.6 is 0 Å². The van der Waals surface area contributed by atoms with Gasteiger partial charge in [0, 0.05) is 7.11 Å². The van der Waals surface area contributed by atoms with Gasteiger partial charge in [-0.05, 0) is 59.2 Å². The second-order valence-electron chi connectivity index (χ2n) is 7.15. The minimum Gasteiger partial charge on any atom is -0.467 e. The third-order valence-electron chi connectivity index (χ3n) is 5.44. The van der Waals surface area contributed by atoms with Gasteiger partial charge < -0.3 is 18.8 Å². The molecule has 0 atom stereocenters. The first-order valence-electron chi connectivity index (χ1n) is 7.67. The average molecular weight is 298 g/mol. The first-order valence-corrected chi connectivity index (χ1v) is 7.67. The number of rotatable bonds is 3. The minimum atomic E-state index is -0.797. The Balaban J connectivity index is 2.01. The summed E-state index contributed by atoms with van der Waals surface area (Å²) < 4.78 is 22.6. The zero-order chi connectivity index (χ0) is 15.9. The standard InChI is InChI=1S/C15H27BO5/c1-13(2)14(3,4)21-16(20-13)11-7-9-15(19-6,10-8-11)12(17)18-5/h11H,7-10H2,1-6H3. The number of ether oxygens (including phenoxy) is 2. The van der Waals surface area contributed by atoms with Crippen molar-refractivity contribution in [2.75, 3.05) is 14.2 Å². The fourth-order valence-electron chi connectivity index (χ4n) is 3.14. The van der Waals surface area contributed by atoms with Gasteiger partial charge in [-0.1, -0.05) is 0 Å². The van der Waals surface area contributed by atoms with Gasteiger partial charge in [0.15, 0.2) is 5.60 Å². The summed E-state index contributed by atoms with van der Waals surface area (Å²) in [4.78, 5) is 11.9. The number of carbonyl (C=O) groups is 1. The summed E-state index contributed by atoms with van der Waals surface area (Å²) in [7, 11) is 2.78. The third-order valence-corrected chi connectivity index (χ3v) is 5.44. The maximum atomic E-state index is 11.9. The molecule has 0 aromatic heterocycles. The summed E-state index contributed by atoms with van der Waals surface area (Å²) in [5.41, 5.74) is -1.42. The van der Waals surface area contributed by atoms with Crippen molar-refractivity contribution in [2.45, 2.75) is 76.0 Å². The van der Waals surface area contributed by atoms with Crippen molar-refractivity contribution in [2.24, 2.45) is 0 Å². The van der Waals surface area contributed by atoms with E-state index in [1.54, 1.807) is 7.11 Å². The van der Waals surface area contributed by atoms with Crippen LogP contribution in [0, 0.1) is 0 Å². The molecule has 1 saturated carbocycles. The Bertz CT molecular complexity index is 383. The van der Waals surface area contributed by atoms with Crippen molar-refractivity contribution in [3.8, 4) is 0 Å². The molecule has 21 heavy (non-hydrogen) atoms. The smallest absolute Gasteiger partial charge is 0.461 e. The number of carbonyl (C=O) groups excluding carboxylic acids is 1. The molecule has 5 nitrogen and oxygen atoms in total. The second kappa shape index (κ2) is 5.56. The van der Waals surface area contributed by atoms with E-state index < -0.39 is 5.60 Å². The van der Waals surface area contributed by atoms with E-state index in [4.69, 9.17) is 18.8 Å². The molecule has 1 aliphatic carbocycles. The van der Waals surface area contributed by atoms with Crippen LogP contribution in [0.1, 0.15) is 53.4 Å². The molecule has 0 aromatic rings. The van der Waals surface area contributed by atoms with Gasteiger partial charge in [-0.25, -0.2) is 4.79 Å². The van der Waals surface area contributed by atoms with Gasteiger partial charge >= 0.3 is 13.1 Å². The zero-order valence-corrected chi connectivity index (χ0v) is 14.0. The highest BCUT2D eigenvalue weighted by Crippen LogP contribution is 2.46. The first kappa shape index (κ1) is 16.8. The van der Waals surface area contributed by atoms with E-state index in [0.717, 1.165) is 12.8 Å². The SMILES string of the molecule is COC(=O)C1(OC)CCC(B2OC(C)(C)C(C)(C)O2)CC1. The van der Waals surface area contributed by atoms with E-state index in [0.29, 0.717) is 18.7 Å². The van der Waals surface area contributed by atoms with Gasteiger partial charge in [0.2, 0.25) is 0 Å². The number of esters is 1.